The number of hydrogen-bond donors (Lipinski definition) is 3. The van der Waals surface area contributed by atoms with Crippen molar-refractivity contribution in [3.8, 4) is 0 Å². The summed E-state index contributed by atoms with van der Waals surface area (Å²) in [5, 5.41) is 20.7. The lowest BCUT2D eigenvalue weighted by Gasteiger charge is -2.09. The Morgan fingerprint density at radius 3 is 2.58 bits per heavy atom. The lowest BCUT2D eigenvalue weighted by atomic mass is 10.2. The molecule has 0 saturated heterocycles. The van der Waals surface area contributed by atoms with Crippen LogP contribution in [0.4, 0.5) is 0 Å². The summed E-state index contributed by atoms with van der Waals surface area (Å²) in [6.07, 6.45) is -1.58. The molecule has 8 heteroatoms. The number of benzene rings is 1. The van der Waals surface area contributed by atoms with Crippen LogP contribution in [-0.4, -0.2) is 34.7 Å². The summed E-state index contributed by atoms with van der Waals surface area (Å²) in [5.74, 6) is -1.75. The Kier molecular flexibility index (Phi) is 6.31. The van der Waals surface area contributed by atoms with Gasteiger partial charge in [0.25, 0.3) is 5.91 Å². The highest BCUT2D eigenvalue weighted by Crippen LogP contribution is 2.26. The minimum absolute atomic E-state index is 0.0342. The van der Waals surface area contributed by atoms with Crippen LogP contribution in [0, 0.1) is 3.57 Å². The van der Waals surface area contributed by atoms with Gasteiger partial charge in [0.05, 0.1) is 10.6 Å². The zero-order valence-electron chi connectivity index (χ0n) is 9.49. The van der Waals surface area contributed by atoms with E-state index in [4.69, 9.17) is 33.4 Å². The smallest absolute Gasteiger partial charge is 0.332 e. The van der Waals surface area contributed by atoms with E-state index in [9.17, 15) is 9.59 Å². The Labute approximate surface area is 133 Å². The monoisotopic (exact) mass is 417 g/mol. The minimum atomic E-state index is -1.50. The maximum absolute atomic E-state index is 11.9. The average Bonchev–Trinajstić information content (AvgIpc) is 2.33. The predicted molar refractivity (Wildman–Crippen MR) is 79.8 cm³/mol. The molecule has 0 aromatic heterocycles. The number of rotatable bonds is 5. The lowest BCUT2D eigenvalue weighted by Crippen LogP contribution is -2.30. The number of carboxylic acids is 1. The number of carbonyl (C=O) groups is 2. The standard InChI is InChI=1S/C11H10Cl2INO4/c12-5-3-6(9(14)7(13)4-5)10(17)15-2-1-8(16)11(18)19/h3-4,8,16H,1-2H2,(H,15,17)(H,18,19)/t8-/m0/s1. The van der Waals surface area contributed by atoms with Crippen molar-refractivity contribution >= 4 is 57.7 Å². The largest absolute Gasteiger partial charge is 0.479 e. The third-order valence-corrected chi connectivity index (χ3v) is 4.22. The van der Waals surface area contributed by atoms with Gasteiger partial charge in [-0.05, 0) is 34.7 Å². The van der Waals surface area contributed by atoms with E-state index in [1.165, 1.54) is 12.1 Å². The molecule has 3 N–H and O–H groups in total. The van der Waals surface area contributed by atoms with Crippen LogP contribution in [0.15, 0.2) is 12.1 Å². The fourth-order valence-electron chi connectivity index (χ4n) is 1.26. The number of aliphatic hydroxyl groups excluding tert-OH is 1. The molecule has 0 unspecified atom stereocenters. The van der Waals surface area contributed by atoms with Gasteiger partial charge in [-0.15, -0.1) is 0 Å². The van der Waals surface area contributed by atoms with E-state index in [-0.39, 0.29) is 13.0 Å². The van der Waals surface area contributed by atoms with Gasteiger partial charge in [0.1, 0.15) is 0 Å². The van der Waals surface area contributed by atoms with Gasteiger partial charge in [-0.2, -0.15) is 0 Å². The van der Waals surface area contributed by atoms with Crippen LogP contribution in [0.1, 0.15) is 16.8 Å². The summed E-state index contributed by atoms with van der Waals surface area (Å²) in [6.45, 7) is 0.0342. The van der Waals surface area contributed by atoms with Gasteiger partial charge in [0.2, 0.25) is 0 Å². The molecule has 0 radical (unpaired) electrons. The number of hydrogen-bond acceptors (Lipinski definition) is 3. The van der Waals surface area contributed by atoms with Crippen molar-refractivity contribution in [2.75, 3.05) is 6.54 Å². The molecule has 1 amide bonds. The average molecular weight is 418 g/mol. The Hall–Kier alpha value is -0.570. The molecule has 1 rings (SSSR count). The molecule has 0 bridgehead atoms. The summed E-state index contributed by atoms with van der Waals surface area (Å²) >= 11 is 13.6. The second-order valence-electron chi connectivity index (χ2n) is 3.65. The molecule has 1 aromatic carbocycles. The van der Waals surface area contributed by atoms with Gasteiger partial charge in [0, 0.05) is 21.6 Å². The maximum Gasteiger partial charge on any atom is 0.332 e. The molecular weight excluding hydrogens is 408 g/mol. The molecule has 0 aliphatic rings. The van der Waals surface area contributed by atoms with Crippen LogP contribution < -0.4 is 5.32 Å². The van der Waals surface area contributed by atoms with Crippen LogP contribution >= 0.6 is 45.8 Å². The second kappa shape index (κ2) is 7.28. The first-order valence-corrected chi connectivity index (χ1v) is 7.00. The zero-order valence-corrected chi connectivity index (χ0v) is 13.2. The Balaban J connectivity index is 2.67. The molecule has 0 fully saturated rings. The number of aliphatic carboxylic acids is 1. The highest BCUT2D eigenvalue weighted by molar-refractivity contribution is 14.1. The van der Waals surface area contributed by atoms with E-state index in [2.05, 4.69) is 5.32 Å². The minimum Gasteiger partial charge on any atom is -0.479 e. The maximum atomic E-state index is 11.9. The zero-order chi connectivity index (χ0) is 14.6. The highest BCUT2D eigenvalue weighted by atomic mass is 127. The van der Waals surface area contributed by atoms with Crippen molar-refractivity contribution in [2.24, 2.45) is 0 Å². The van der Waals surface area contributed by atoms with Crippen molar-refractivity contribution < 1.29 is 19.8 Å². The third-order valence-electron chi connectivity index (χ3n) is 2.23. The van der Waals surface area contributed by atoms with E-state index < -0.39 is 18.0 Å². The van der Waals surface area contributed by atoms with Gasteiger partial charge in [-0.25, -0.2) is 4.79 Å². The van der Waals surface area contributed by atoms with E-state index in [1.54, 1.807) is 0 Å². The number of halogens is 3. The van der Waals surface area contributed by atoms with Gasteiger partial charge < -0.3 is 15.5 Å². The molecule has 19 heavy (non-hydrogen) atoms. The Morgan fingerprint density at radius 1 is 1.37 bits per heavy atom. The molecule has 1 atom stereocenters. The van der Waals surface area contributed by atoms with Crippen molar-refractivity contribution in [1.29, 1.82) is 0 Å². The Bertz CT molecular complexity index is 510. The van der Waals surface area contributed by atoms with Gasteiger partial charge in [0.15, 0.2) is 6.10 Å². The molecule has 0 heterocycles. The highest BCUT2D eigenvalue weighted by Gasteiger charge is 2.16. The fourth-order valence-corrected chi connectivity index (χ4v) is 2.31. The van der Waals surface area contributed by atoms with Gasteiger partial charge >= 0.3 is 5.97 Å². The van der Waals surface area contributed by atoms with Crippen molar-refractivity contribution in [3.05, 3.63) is 31.3 Å². The second-order valence-corrected chi connectivity index (χ2v) is 5.57. The molecule has 1 aromatic rings. The van der Waals surface area contributed by atoms with Crippen molar-refractivity contribution in [1.82, 2.24) is 5.32 Å². The van der Waals surface area contributed by atoms with Crippen LogP contribution in [0.5, 0.6) is 0 Å². The normalized spacial score (nSPS) is 12.0. The van der Waals surface area contributed by atoms with Crippen LogP contribution in [0.3, 0.4) is 0 Å². The summed E-state index contributed by atoms with van der Waals surface area (Å²) < 4.78 is 0.556. The molecular formula is C11H10Cl2INO4. The third kappa shape index (κ3) is 4.79. The number of amides is 1. The first-order valence-electron chi connectivity index (χ1n) is 5.16. The van der Waals surface area contributed by atoms with Crippen molar-refractivity contribution in [2.45, 2.75) is 12.5 Å². The van der Waals surface area contributed by atoms with E-state index >= 15 is 0 Å². The van der Waals surface area contributed by atoms with Crippen molar-refractivity contribution in [3.63, 3.8) is 0 Å². The van der Waals surface area contributed by atoms with Crippen LogP contribution in [-0.2, 0) is 4.79 Å². The lowest BCUT2D eigenvalue weighted by molar-refractivity contribution is -0.146. The fraction of sp³-hybridized carbons (Fsp3) is 0.273. The van der Waals surface area contributed by atoms with Crippen LogP contribution in [0.2, 0.25) is 10.0 Å². The molecule has 104 valence electrons. The predicted octanol–water partition coefficient (Wildman–Crippen LogP) is 2.16. The number of nitrogens with one attached hydrogen (secondary N) is 1. The molecule has 5 nitrogen and oxygen atoms in total. The summed E-state index contributed by atoms with van der Waals surface area (Å²) in [4.78, 5) is 22.2. The number of carbonyl (C=O) groups excluding carboxylic acids is 1. The quantitative estimate of drug-likeness (QED) is 0.506. The Morgan fingerprint density at radius 2 is 2.00 bits per heavy atom. The van der Waals surface area contributed by atoms with Gasteiger partial charge in [-0.3, -0.25) is 4.79 Å². The molecule has 0 aliphatic heterocycles. The van der Waals surface area contributed by atoms with E-state index in [0.717, 1.165) is 0 Å². The summed E-state index contributed by atoms with van der Waals surface area (Å²) in [7, 11) is 0. The topological polar surface area (TPSA) is 86.6 Å². The summed E-state index contributed by atoms with van der Waals surface area (Å²) in [5.41, 5.74) is 0.308. The summed E-state index contributed by atoms with van der Waals surface area (Å²) in [6, 6.07) is 2.99. The SMILES string of the molecule is O=C(NCC[C@H](O)C(=O)O)c1cc(Cl)cc(Cl)c1I. The molecule has 0 aliphatic carbocycles. The van der Waals surface area contributed by atoms with Gasteiger partial charge in [-0.1, -0.05) is 23.2 Å². The van der Waals surface area contributed by atoms with Crippen LogP contribution in [0.25, 0.3) is 0 Å². The molecule has 0 saturated carbocycles. The van der Waals surface area contributed by atoms with E-state index in [1.807, 2.05) is 22.6 Å². The number of aliphatic hydroxyl groups is 1. The first-order chi connectivity index (χ1) is 8.82. The molecule has 0 spiro atoms. The first kappa shape index (κ1) is 16.5. The number of carboxylic acid groups (broad SMARTS) is 1. The van der Waals surface area contributed by atoms with E-state index in [0.29, 0.717) is 19.2 Å².